The van der Waals surface area contributed by atoms with Gasteiger partial charge in [0.05, 0.1) is 0 Å². The Bertz CT molecular complexity index is 1140. The molecule has 0 unspecified atom stereocenters. The predicted octanol–water partition coefficient (Wildman–Crippen LogP) is 4.51. The normalized spacial score (nSPS) is 15.6. The average molecular weight is 446 g/mol. The maximum absolute atomic E-state index is 13.2. The fraction of sp³-hybridized carbons (Fsp3) is 0.231. The molecule has 0 atom stereocenters. The number of nitrogens with zero attached hydrogens (tertiary/aromatic N) is 3. The lowest BCUT2D eigenvalue weighted by Crippen LogP contribution is -2.48. The molecule has 1 fully saturated rings. The molecule has 32 heavy (non-hydrogen) atoms. The molecule has 2 heterocycles. The fourth-order valence-corrected chi connectivity index (χ4v) is 4.59. The second kappa shape index (κ2) is 8.67. The molecule has 5 rings (SSSR count). The van der Waals surface area contributed by atoms with Gasteiger partial charge in [0.1, 0.15) is 0 Å². The Balaban J connectivity index is 1.29. The number of hydrogen-bond donors (Lipinski definition) is 0. The van der Waals surface area contributed by atoms with E-state index in [0.717, 1.165) is 41.5 Å². The number of halogens is 1. The highest BCUT2D eigenvalue weighted by Crippen LogP contribution is 2.31. The van der Waals surface area contributed by atoms with E-state index in [1.54, 1.807) is 4.90 Å². The number of anilines is 2. The van der Waals surface area contributed by atoms with Crippen LogP contribution >= 0.6 is 11.6 Å². The van der Waals surface area contributed by atoms with Gasteiger partial charge >= 0.3 is 0 Å². The van der Waals surface area contributed by atoms with Gasteiger partial charge in [0, 0.05) is 60.2 Å². The predicted molar refractivity (Wildman–Crippen MR) is 128 cm³/mol. The van der Waals surface area contributed by atoms with Crippen LogP contribution < -0.4 is 9.80 Å². The molecule has 6 heteroatoms. The summed E-state index contributed by atoms with van der Waals surface area (Å²) in [7, 11) is 0. The highest BCUT2D eigenvalue weighted by molar-refractivity contribution is 6.30. The van der Waals surface area contributed by atoms with E-state index in [9.17, 15) is 9.59 Å². The molecule has 0 aromatic heterocycles. The summed E-state index contributed by atoms with van der Waals surface area (Å²) < 4.78 is 0. The van der Waals surface area contributed by atoms with Crippen molar-refractivity contribution in [2.45, 2.75) is 6.42 Å². The molecular weight excluding hydrogens is 422 g/mol. The number of benzene rings is 3. The minimum atomic E-state index is -0.0227. The zero-order valence-corrected chi connectivity index (χ0v) is 18.5. The molecule has 162 valence electrons. The summed E-state index contributed by atoms with van der Waals surface area (Å²) in [6.45, 7) is 3.50. The Labute approximate surface area is 192 Å². The molecule has 2 aliphatic rings. The monoisotopic (exact) mass is 445 g/mol. The van der Waals surface area contributed by atoms with E-state index in [0.29, 0.717) is 30.8 Å². The minimum absolute atomic E-state index is 0.0163. The summed E-state index contributed by atoms with van der Waals surface area (Å²) in [6, 6.07) is 22.9. The van der Waals surface area contributed by atoms with Crippen molar-refractivity contribution < 1.29 is 9.59 Å². The van der Waals surface area contributed by atoms with Gasteiger partial charge < -0.3 is 14.7 Å². The van der Waals surface area contributed by atoms with Crippen molar-refractivity contribution in [3.05, 3.63) is 94.5 Å². The van der Waals surface area contributed by atoms with E-state index in [1.807, 2.05) is 77.7 Å². The number of rotatable bonds is 3. The topological polar surface area (TPSA) is 43.9 Å². The number of amides is 2. The molecule has 3 aromatic carbocycles. The number of carbonyl (C=O) groups excluding carboxylic acids is 2. The quantitative estimate of drug-likeness (QED) is 0.596. The smallest absolute Gasteiger partial charge is 0.258 e. The van der Waals surface area contributed by atoms with E-state index in [4.69, 9.17) is 11.6 Å². The van der Waals surface area contributed by atoms with Crippen LogP contribution in [-0.2, 0) is 6.42 Å². The number of piperazine rings is 1. The van der Waals surface area contributed by atoms with Crippen LogP contribution in [-0.4, -0.2) is 49.4 Å². The summed E-state index contributed by atoms with van der Waals surface area (Å²) >= 11 is 5.99. The van der Waals surface area contributed by atoms with Gasteiger partial charge in [-0.3, -0.25) is 9.59 Å². The Morgan fingerprint density at radius 2 is 1.44 bits per heavy atom. The SMILES string of the molecule is O=C(c1ccc2c(c1)N(C(=O)c1ccccc1)CC2)N1CCN(c2ccc(Cl)cc2)CC1. The molecule has 0 bridgehead atoms. The third kappa shape index (κ3) is 3.96. The van der Waals surface area contributed by atoms with Crippen molar-refractivity contribution in [3.63, 3.8) is 0 Å². The summed E-state index contributed by atoms with van der Waals surface area (Å²) in [4.78, 5) is 32.2. The van der Waals surface area contributed by atoms with Crippen LogP contribution in [0.4, 0.5) is 11.4 Å². The number of hydrogen-bond acceptors (Lipinski definition) is 3. The maximum Gasteiger partial charge on any atom is 0.258 e. The van der Waals surface area contributed by atoms with Crippen LogP contribution in [0.25, 0.3) is 0 Å². The van der Waals surface area contributed by atoms with Crippen LogP contribution in [0.1, 0.15) is 26.3 Å². The minimum Gasteiger partial charge on any atom is -0.368 e. The lowest BCUT2D eigenvalue weighted by molar-refractivity contribution is 0.0746. The second-order valence-electron chi connectivity index (χ2n) is 8.17. The largest absolute Gasteiger partial charge is 0.368 e. The van der Waals surface area contributed by atoms with Gasteiger partial charge in [-0.2, -0.15) is 0 Å². The second-order valence-corrected chi connectivity index (χ2v) is 8.61. The molecule has 2 aliphatic heterocycles. The van der Waals surface area contributed by atoms with E-state index >= 15 is 0 Å². The van der Waals surface area contributed by atoms with E-state index in [-0.39, 0.29) is 11.8 Å². The maximum atomic E-state index is 13.2. The zero-order valence-electron chi connectivity index (χ0n) is 17.7. The highest BCUT2D eigenvalue weighted by atomic mass is 35.5. The first-order valence-electron chi connectivity index (χ1n) is 10.9. The van der Waals surface area contributed by atoms with Crippen LogP contribution in [0, 0.1) is 0 Å². The molecule has 0 N–H and O–H groups in total. The van der Waals surface area contributed by atoms with Crippen LogP contribution in [0.15, 0.2) is 72.8 Å². The Morgan fingerprint density at radius 1 is 0.719 bits per heavy atom. The molecule has 0 spiro atoms. The first kappa shape index (κ1) is 20.6. The standard InChI is InChI=1S/C26H24ClN3O2/c27-22-8-10-23(11-9-22)28-14-16-29(17-15-28)25(31)21-7-6-19-12-13-30(24(19)18-21)26(32)20-4-2-1-3-5-20/h1-11,18H,12-17H2. The highest BCUT2D eigenvalue weighted by Gasteiger charge is 2.28. The van der Waals surface area contributed by atoms with Crippen LogP contribution in [0.3, 0.4) is 0 Å². The fourth-order valence-electron chi connectivity index (χ4n) is 4.46. The average Bonchev–Trinajstić information content (AvgIpc) is 3.27. The number of carbonyl (C=O) groups is 2. The third-order valence-electron chi connectivity index (χ3n) is 6.25. The summed E-state index contributed by atoms with van der Waals surface area (Å²) in [5.74, 6) is -0.00639. The van der Waals surface area contributed by atoms with Crippen LogP contribution in [0.2, 0.25) is 5.02 Å². The van der Waals surface area contributed by atoms with Gasteiger partial charge in [-0.05, 0) is 60.5 Å². The zero-order chi connectivity index (χ0) is 22.1. The summed E-state index contributed by atoms with van der Waals surface area (Å²) in [5.41, 5.74) is 4.38. The van der Waals surface area contributed by atoms with Gasteiger partial charge in [-0.15, -0.1) is 0 Å². The Morgan fingerprint density at radius 3 is 2.16 bits per heavy atom. The van der Waals surface area contributed by atoms with E-state index in [1.165, 1.54) is 0 Å². The first-order chi connectivity index (χ1) is 15.6. The van der Waals surface area contributed by atoms with Gasteiger partial charge in [-0.25, -0.2) is 0 Å². The van der Waals surface area contributed by atoms with E-state index < -0.39 is 0 Å². The molecule has 2 amide bonds. The van der Waals surface area contributed by atoms with Crippen molar-refractivity contribution in [1.29, 1.82) is 0 Å². The molecule has 0 aliphatic carbocycles. The Hall–Kier alpha value is -3.31. The van der Waals surface area contributed by atoms with Crippen molar-refractivity contribution in [3.8, 4) is 0 Å². The van der Waals surface area contributed by atoms with Gasteiger partial charge in [-0.1, -0.05) is 35.9 Å². The molecule has 0 radical (unpaired) electrons. The first-order valence-corrected chi connectivity index (χ1v) is 11.3. The van der Waals surface area contributed by atoms with Crippen molar-refractivity contribution >= 4 is 34.8 Å². The lowest BCUT2D eigenvalue weighted by atomic mass is 10.1. The molecule has 3 aromatic rings. The molecular formula is C26H24ClN3O2. The third-order valence-corrected chi connectivity index (χ3v) is 6.50. The molecule has 0 saturated carbocycles. The molecule has 5 nitrogen and oxygen atoms in total. The summed E-state index contributed by atoms with van der Waals surface area (Å²) in [6.07, 6.45) is 0.808. The van der Waals surface area contributed by atoms with Crippen molar-refractivity contribution in [2.24, 2.45) is 0 Å². The Kier molecular flexibility index (Phi) is 5.58. The van der Waals surface area contributed by atoms with Gasteiger partial charge in [0.15, 0.2) is 0 Å². The molecule has 1 saturated heterocycles. The van der Waals surface area contributed by atoms with E-state index in [2.05, 4.69) is 4.90 Å². The number of fused-ring (bicyclic) bond motifs is 1. The van der Waals surface area contributed by atoms with Crippen molar-refractivity contribution in [1.82, 2.24) is 4.90 Å². The van der Waals surface area contributed by atoms with Gasteiger partial charge in [0.25, 0.3) is 11.8 Å². The van der Waals surface area contributed by atoms with Crippen molar-refractivity contribution in [2.75, 3.05) is 42.5 Å². The summed E-state index contributed by atoms with van der Waals surface area (Å²) in [5, 5.41) is 0.721. The lowest BCUT2D eigenvalue weighted by Gasteiger charge is -2.36. The van der Waals surface area contributed by atoms with Gasteiger partial charge in [0.2, 0.25) is 0 Å². The van der Waals surface area contributed by atoms with Crippen LogP contribution in [0.5, 0.6) is 0 Å².